The summed E-state index contributed by atoms with van der Waals surface area (Å²) in [6.45, 7) is 11.4. The molecule has 1 N–H and O–H groups in total. The van der Waals surface area contributed by atoms with Gasteiger partial charge in [-0.25, -0.2) is 18.9 Å². The maximum Gasteiger partial charge on any atom is 0.353 e. The van der Waals surface area contributed by atoms with Gasteiger partial charge in [0.15, 0.2) is 5.82 Å². The molecule has 0 atom stereocenters. The van der Waals surface area contributed by atoms with Crippen molar-refractivity contribution >= 4 is 39.4 Å². The van der Waals surface area contributed by atoms with Gasteiger partial charge in [0.2, 0.25) is 0 Å². The molecule has 0 bridgehead atoms. The van der Waals surface area contributed by atoms with Gasteiger partial charge in [-0.1, -0.05) is 44.5 Å². The van der Waals surface area contributed by atoms with Crippen LogP contribution >= 0.6 is 0 Å². The van der Waals surface area contributed by atoms with E-state index in [1.54, 1.807) is 36.1 Å². The summed E-state index contributed by atoms with van der Waals surface area (Å²) in [5, 5.41) is 8.12. The smallest absolute Gasteiger partial charge is 0.353 e. The highest BCUT2D eigenvalue weighted by molar-refractivity contribution is 7.86. The molecule has 1 aliphatic rings. The van der Waals surface area contributed by atoms with Crippen molar-refractivity contribution in [3.05, 3.63) is 95.1 Å². The molecule has 0 saturated carbocycles. The number of urea groups is 1. The first-order chi connectivity index (χ1) is 22.1. The monoisotopic (exact) mass is 663 g/mol. The lowest BCUT2D eigenvalue weighted by molar-refractivity contribution is 0.0746. The van der Waals surface area contributed by atoms with E-state index in [-0.39, 0.29) is 11.7 Å². The summed E-state index contributed by atoms with van der Waals surface area (Å²) in [4.78, 5) is 34.9. The molecule has 5 rings (SSSR count). The number of aromatic nitrogens is 3. The number of pyridine rings is 1. The number of nitrogens with one attached hydrogen (secondary N) is 1. The highest BCUT2D eigenvalue weighted by atomic mass is 32.2. The minimum Gasteiger partial charge on any atom is -0.353 e. The van der Waals surface area contributed by atoms with Gasteiger partial charge >= 0.3 is 6.03 Å². The lowest BCUT2D eigenvalue weighted by Crippen LogP contribution is -2.49. The fourth-order valence-corrected chi connectivity index (χ4v) is 5.45. The van der Waals surface area contributed by atoms with Gasteiger partial charge in [-0.15, -0.1) is 9.35 Å². The van der Waals surface area contributed by atoms with E-state index in [0.29, 0.717) is 65.4 Å². The van der Waals surface area contributed by atoms with Crippen molar-refractivity contribution in [2.24, 2.45) is 0 Å². The van der Waals surface area contributed by atoms with Crippen LogP contribution in [0.25, 0.3) is 5.69 Å². The first kappa shape index (κ1) is 33.5. The van der Waals surface area contributed by atoms with Crippen LogP contribution < -0.4 is 15.3 Å². The van der Waals surface area contributed by atoms with Crippen molar-refractivity contribution in [1.29, 1.82) is 0 Å². The number of carbonyl (C=O) groups is 2. The number of halogens is 1. The second-order valence-corrected chi connectivity index (χ2v) is 14.0. The third-order valence-electron chi connectivity index (χ3n) is 7.62. The van der Waals surface area contributed by atoms with Gasteiger partial charge in [-0.2, -0.15) is 13.5 Å². The molecule has 2 aromatic carbocycles. The number of amides is 3. The van der Waals surface area contributed by atoms with Gasteiger partial charge in [0.05, 0.1) is 29.0 Å². The van der Waals surface area contributed by atoms with Crippen LogP contribution in [0.15, 0.2) is 66.7 Å². The fraction of sp³-hybridized carbons (Fsp3) is 0.333. The average Bonchev–Trinajstić information content (AvgIpc) is 3.47. The second-order valence-electron chi connectivity index (χ2n) is 12.5. The molecular formula is C33H38FN7O5S. The lowest BCUT2D eigenvalue weighted by Gasteiger charge is -2.35. The van der Waals surface area contributed by atoms with Crippen LogP contribution in [0.3, 0.4) is 0 Å². The van der Waals surface area contributed by atoms with E-state index >= 15 is 0 Å². The van der Waals surface area contributed by atoms with E-state index in [1.165, 1.54) is 22.9 Å². The summed E-state index contributed by atoms with van der Waals surface area (Å²) in [6.07, 6.45) is 0.859. The Labute approximate surface area is 273 Å². The standard InChI is InChI=1S/C33H38FN7O5S/c1-22-10-12-26(13-11-22)40-30(21-28(37-40)33(3,4)5)41(46-47(6,44)45)32(43)36-27-14-15-29(35-23(27)2)38-16-18-39(19-17-38)31(42)24-8-7-9-25(34)20-24/h7-15,20-21H,16-19H2,1-6H3,(H,36,43). The molecule has 1 saturated heterocycles. The van der Waals surface area contributed by atoms with E-state index in [4.69, 9.17) is 9.38 Å². The number of nitrogens with zero attached hydrogens (tertiary/aromatic N) is 6. The normalized spacial score (nSPS) is 13.9. The molecule has 14 heteroatoms. The Morgan fingerprint density at radius 3 is 2.23 bits per heavy atom. The van der Waals surface area contributed by atoms with Crippen LogP contribution in [0.4, 0.5) is 26.5 Å². The number of hydrogen-bond acceptors (Lipinski definition) is 8. The lowest BCUT2D eigenvalue weighted by atomic mass is 9.92. The van der Waals surface area contributed by atoms with Gasteiger partial charge in [0, 0.05) is 43.2 Å². The van der Waals surface area contributed by atoms with Gasteiger partial charge in [-0.3, -0.25) is 4.79 Å². The Balaban J connectivity index is 1.36. The quantitative estimate of drug-likeness (QED) is 0.267. The summed E-state index contributed by atoms with van der Waals surface area (Å²) < 4.78 is 45.1. The molecule has 4 aromatic rings. The van der Waals surface area contributed by atoms with Crippen LogP contribution in [-0.4, -0.2) is 72.5 Å². The predicted octanol–water partition coefficient (Wildman–Crippen LogP) is 5.21. The van der Waals surface area contributed by atoms with Crippen molar-refractivity contribution in [3.63, 3.8) is 0 Å². The Morgan fingerprint density at radius 1 is 0.957 bits per heavy atom. The molecule has 12 nitrogen and oxygen atoms in total. The van der Waals surface area contributed by atoms with Crippen LogP contribution in [0, 0.1) is 19.7 Å². The molecule has 3 amide bonds. The van der Waals surface area contributed by atoms with Crippen molar-refractivity contribution in [1.82, 2.24) is 19.7 Å². The first-order valence-corrected chi connectivity index (χ1v) is 16.9. The topological polar surface area (TPSA) is 130 Å². The Morgan fingerprint density at radius 2 is 1.64 bits per heavy atom. The zero-order valence-corrected chi connectivity index (χ0v) is 28.0. The van der Waals surface area contributed by atoms with Gasteiger partial charge in [0.1, 0.15) is 11.6 Å². The SMILES string of the molecule is Cc1ccc(-n2nc(C(C)(C)C)cc2N(OS(C)(=O)=O)C(=O)Nc2ccc(N3CCN(C(=O)c4cccc(F)c4)CC3)nc2C)cc1. The number of rotatable bonds is 7. The maximum absolute atomic E-state index is 13.7. The number of aryl methyl sites for hydroxylation is 2. The zero-order chi connectivity index (χ0) is 34.1. The Hall–Kier alpha value is -4.82. The molecule has 47 heavy (non-hydrogen) atoms. The molecular weight excluding hydrogens is 625 g/mol. The molecule has 0 unspecified atom stereocenters. The molecule has 0 aliphatic carbocycles. The van der Waals surface area contributed by atoms with E-state index in [2.05, 4.69) is 10.3 Å². The van der Waals surface area contributed by atoms with E-state index in [0.717, 1.165) is 11.8 Å². The number of piperazine rings is 1. The predicted molar refractivity (Wildman–Crippen MR) is 178 cm³/mol. The highest BCUT2D eigenvalue weighted by Crippen LogP contribution is 2.30. The van der Waals surface area contributed by atoms with Crippen molar-refractivity contribution in [2.45, 2.75) is 40.0 Å². The first-order valence-electron chi connectivity index (χ1n) is 15.0. The van der Waals surface area contributed by atoms with Gasteiger partial charge < -0.3 is 15.1 Å². The third kappa shape index (κ3) is 7.95. The minimum atomic E-state index is -4.15. The molecule has 0 spiro atoms. The Kier molecular flexibility index (Phi) is 9.36. The maximum atomic E-state index is 13.7. The summed E-state index contributed by atoms with van der Waals surface area (Å²) in [6, 6.07) is 17.2. The summed E-state index contributed by atoms with van der Waals surface area (Å²) in [7, 11) is -4.15. The molecule has 2 aromatic heterocycles. The number of benzene rings is 2. The summed E-state index contributed by atoms with van der Waals surface area (Å²) in [5.74, 6) is 0.0499. The van der Waals surface area contributed by atoms with Gasteiger partial charge in [0.25, 0.3) is 16.0 Å². The van der Waals surface area contributed by atoms with Crippen molar-refractivity contribution in [2.75, 3.05) is 47.7 Å². The molecule has 0 radical (unpaired) electrons. The zero-order valence-electron chi connectivity index (χ0n) is 27.2. The second kappa shape index (κ2) is 13.1. The number of carbonyl (C=O) groups excluding carboxylic acids is 2. The molecule has 1 fully saturated rings. The molecule has 1 aliphatic heterocycles. The van der Waals surface area contributed by atoms with Gasteiger partial charge in [-0.05, 0) is 56.3 Å². The van der Waals surface area contributed by atoms with E-state index < -0.39 is 27.4 Å². The minimum absolute atomic E-state index is 0.0922. The number of hydrogen-bond donors (Lipinski definition) is 1. The fourth-order valence-electron chi connectivity index (χ4n) is 5.03. The third-order valence-corrected chi connectivity index (χ3v) is 8.04. The van der Waals surface area contributed by atoms with Crippen LogP contribution in [0.5, 0.6) is 0 Å². The van der Waals surface area contributed by atoms with Crippen LogP contribution in [-0.2, 0) is 19.8 Å². The number of anilines is 3. The summed E-state index contributed by atoms with van der Waals surface area (Å²) in [5.41, 5.74) is 2.95. The average molecular weight is 664 g/mol. The Bertz CT molecular complexity index is 1900. The van der Waals surface area contributed by atoms with Crippen molar-refractivity contribution in [3.8, 4) is 5.69 Å². The highest BCUT2D eigenvalue weighted by Gasteiger charge is 2.31. The van der Waals surface area contributed by atoms with Crippen molar-refractivity contribution < 1.29 is 26.7 Å². The molecule has 248 valence electrons. The molecule has 3 heterocycles. The van der Waals surface area contributed by atoms with Crippen LogP contribution in [0.1, 0.15) is 48.1 Å². The summed E-state index contributed by atoms with van der Waals surface area (Å²) >= 11 is 0. The van der Waals surface area contributed by atoms with Crippen LogP contribution in [0.2, 0.25) is 0 Å². The van der Waals surface area contributed by atoms with E-state index in [9.17, 15) is 22.4 Å². The van der Waals surface area contributed by atoms with E-state index in [1.807, 2.05) is 56.9 Å². The largest absolute Gasteiger partial charge is 0.353 e. The number of hydroxylamine groups is 1.